The van der Waals surface area contributed by atoms with Gasteiger partial charge in [-0.05, 0) is 43.9 Å². The second kappa shape index (κ2) is 9.70. The largest absolute Gasteiger partial charge is 0.377 e. The lowest BCUT2D eigenvalue weighted by Gasteiger charge is -2.38. The van der Waals surface area contributed by atoms with Crippen LogP contribution in [-0.4, -0.2) is 87.0 Å². The van der Waals surface area contributed by atoms with Crippen molar-refractivity contribution in [2.75, 3.05) is 52.4 Å². The van der Waals surface area contributed by atoms with Gasteiger partial charge in [0.15, 0.2) is 0 Å². The topological polar surface area (TPSA) is 70.2 Å². The Morgan fingerprint density at radius 3 is 2.42 bits per heavy atom. The van der Waals surface area contributed by atoms with Crippen molar-refractivity contribution in [2.45, 2.75) is 36.7 Å². The minimum atomic E-state index is -3.76. The van der Waals surface area contributed by atoms with Gasteiger partial charge >= 0.3 is 0 Å². The molecule has 4 rings (SSSR count). The molecule has 1 aromatic carbocycles. The van der Waals surface area contributed by atoms with Crippen molar-refractivity contribution in [2.24, 2.45) is 5.92 Å². The Labute approximate surface area is 188 Å². The maximum Gasteiger partial charge on any atom is 0.243 e. The van der Waals surface area contributed by atoms with Crippen LogP contribution in [0.3, 0.4) is 0 Å². The van der Waals surface area contributed by atoms with Gasteiger partial charge in [-0.15, -0.1) is 0 Å². The molecular weight excluding hydrogens is 445 g/mol. The van der Waals surface area contributed by atoms with E-state index >= 15 is 0 Å². The quantitative estimate of drug-likeness (QED) is 0.655. The van der Waals surface area contributed by atoms with Crippen LogP contribution in [0.4, 0.5) is 4.39 Å². The van der Waals surface area contributed by atoms with Crippen molar-refractivity contribution in [3.63, 3.8) is 0 Å². The summed E-state index contributed by atoms with van der Waals surface area (Å²) in [5.74, 6) is -0.688. The lowest BCUT2D eigenvalue weighted by molar-refractivity contribution is -0.138. The van der Waals surface area contributed by atoms with E-state index in [4.69, 9.17) is 16.3 Å². The molecule has 1 amide bonds. The summed E-state index contributed by atoms with van der Waals surface area (Å²) in [5, 5.41) is -0.218. The van der Waals surface area contributed by atoms with E-state index in [0.29, 0.717) is 32.0 Å². The molecule has 0 N–H and O–H groups in total. The Morgan fingerprint density at radius 1 is 1.10 bits per heavy atom. The summed E-state index contributed by atoms with van der Waals surface area (Å²) >= 11 is 5.75. The zero-order valence-electron chi connectivity index (χ0n) is 17.5. The molecule has 3 heterocycles. The predicted molar refractivity (Wildman–Crippen MR) is 115 cm³/mol. The molecule has 1 aromatic rings. The average molecular weight is 474 g/mol. The van der Waals surface area contributed by atoms with E-state index in [1.54, 1.807) is 0 Å². The first-order valence-corrected chi connectivity index (χ1v) is 12.7. The summed E-state index contributed by atoms with van der Waals surface area (Å²) in [6.07, 6.45) is 3.55. The van der Waals surface area contributed by atoms with Crippen molar-refractivity contribution in [3.8, 4) is 0 Å². The lowest BCUT2D eigenvalue weighted by Crippen LogP contribution is -2.53. The van der Waals surface area contributed by atoms with E-state index in [9.17, 15) is 17.6 Å². The summed E-state index contributed by atoms with van der Waals surface area (Å²) in [6, 6.07) is 3.42. The Bertz CT molecular complexity index is 894. The second-order valence-electron chi connectivity index (χ2n) is 8.52. The van der Waals surface area contributed by atoms with Crippen molar-refractivity contribution < 1.29 is 22.3 Å². The van der Waals surface area contributed by atoms with Crippen LogP contribution in [0.15, 0.2) is 23.1 Å². The maximum absolute atomic E-state index is 13.4. The molecule has 0 aromatic heterocycles. The number of hydrogen-bond donors (Lipinski definition) is 0. The Balaban J connectivity index is 1.27. The highest BCUT2D eigenvalue weighted by atomic mass is 35.5. The number of amides is 1. The van der Waals surface area contributed by atoms with Gasteiger partial charge in [-0.1, -0.05) is 11.6 Å². The van der Waals surface area contributed by atoms with Crippen LogP contribution in [0.2, 0.25) is 5.02 Å². The van der Waals surface area contributed by atoms with Gasteiger partial charge in [-0.25, -0.2) is 12.8 Å². The number of rotatable bonds is 5. The van der Waals surface area contributed by atoms with Gasteiger partial charge in [0.2, 0.25) is 15.9 Å². The maximum atomic E-state index is 13.4. The molecule has 0 bridgehead atoms. The van der Waals surface area contributed by atoms with E-state index in [2.05, 4.69) is 4.90 Å². The van der Waals surface area contributed by atoms with Crippen LogP contribution in [-0.2, 0) is 19.6 Å². The van der Waals surface area contributed by atoms with Crippen LogP contribution in [0.25, 0.3) is 0 Å². The van der Waals surface area contributed by atoms with Gasteiger partial charge in [0, 0.05) is 58.3 Å². The van der Waals surface area contributed by atoms with Crippen LogP contribution in [0.5, 0.6) is 0 Å². The smallest absolute Gasteiger partial charge is 0.243 e. The number of halogens is 2. The molecule has 7 nitrogen and oxygen atoms in total. The second-order valence-corrected chi connectivity index (χ2v) is 10.9. The van der Waals surface area contributed by atoms with Gasteiger partial charge in [0.25, 0.3) is 0 Å². The molecule has 10 heteroatoms. The zero-order chi connectivity index (χ0) is 22.0. The molecule has 3 fully saturated rings. The fourth-order valence-electron chi connectivity index (χ4n) is 4.61. The van der Waals surface area contributed by atoms with Crippen molar-refractivity contribution in [3.05, 3.63) is 29.0 Å². The summed E-state index contributed by atoms with van der Waals surface area (Å²) in [5.41, 5.74) is 0. The van der Waals surface area contributed by atoms with Crippen LogP contribution >= 0.6 is 11.6 Å². The molecular formula is C21H29ClFN3O4S. The van der Waals surface area contributed by atoms with Crippen LogP contribution in [0, 0.1) is 11.7 Å². The number of hydrogen-bond acceptors (Lipinski definition) is 5. The molecule has 0 radical (unpaired) electrons. The summed E-state index contributed by atoms with van der Waals surface area (Å²) in [7, 11) is -3.76. The van der Waals surface area contributed by atoms with Crippen molar-refractivity contribution in [1.29, 1.82) is 0 Å². The van der Waals surface area contributed by atoms with Gasteiger partial charge in [0.05, 0.1) is 16.0 Å². The normalized spacial score (nSPS) is 24.6. The van der Waals surface area contributed by atoms with Gasteiger partial charge in [-0.3, -0.25) is 9.69 Å². The molecule has 1 unspecified atom stereocenters. The first-order chi connectivity index (χ1) is 14.8. The SMILES string of the molecule is O=C(C1CCN(S(=O)(=O)c2ccc(F)c(Cl)c2)CC1)N1CCN(CC2CCCO2)CC1. The Hall–Kier alpha value is -1.26. The Kier molecular flexibility index (Phi) is 7.17. The van der Waals surface area contributed by atoms with Gasteiger partial charge < -0.3 is 9.64 Å². The number of ether oxygens (including phenoxy) is 1. The van der Waals surface area contributed by atoms with Crippen molar-refractivity contribution >= 4 is 27.5 Å². The molecule has 0 aliphatic carbocycles. The van der Waals surface area contributed by atoms with Gasteiger partial charge in [-0.2, -0.15) is 4.31 Å². The van der Waals surface area contributed by atoms with Crippen LogP contribution in [0.1, 0.15) is 25.7 Å². The average Bonchev–Trinajstić information content (AvgIpc) is 3.29. The molecule has 31 heavy (non-hydrogen) atoms. The number of sulfonamides is 1. The molecule has 3 saturated heterocycles. The minimum absolute atomic E-state index is 0.0222. The summed E-state index contributed by atoms with van der Waals surface area (Å²) in [4.78, 5) is 17.2. The first kappa shape index (κ1) is 22.9. The summed E-state index contributed by atoms with van der Waals surface area (Å²) < 4.78 is 46.1. The molecule has 0 spiro atoms. The number of piperazine rings is 1. The highest BCUT2D eigenvalue weighted by molar-refractivity contribution is 7.89. The Morgan fingerprint density at radius 2 is 1.81 bits per heavy atom. The standard InChI is InChI=1S/C21H29ClFN3O4S/c22-19-14-18(3-4-20(19)23)31(28,29)26-7-5-16(6-8-26)21(27)25-11-9-24(10-12-25)15-17-2-1-13-30-17/h3-4,14,16-17H,1-2,5-13,15H2. The molecule has 3 aliphatic rings. The lowest BCUT2D eigenvalue weighted by atomic mass is 9.96. The van der Waals surface area contributed by atoms with Crippen molar-refractivity contribution in [1.82, 2.24) is 14.1 Å². The van der Waals surface area contributed by atoms with E-state index in [0.717, 1.165) is 51.2 Å². The van der Waals surface area contributed by atoms with E-state index in [-0.39, 0.29) is 34.8 Å². The van der Waals surface area contributed by atoms with Crippen LogP contribution < -0.4 is 0 Å². The number of nitrogens with zero attached hydrogens (tertiary/aromatic N) is 3. The van der Waals surface area contributed by atoms with Gasteiger partial charge in [0.1, 0.15) is 5.82 Å². The van der Waals surface area contributed by atoms with E-state index in [1.807, 2.05) is 4.90 Å². The highest BCUT2D eigenvalue weighted by Gasteiger charge is 2.35. The third-order valence-electron chi connectivity index (χ3n) is 6.50. The zero-order valence-corrected chi connectivity index (χ0v) is 19.1. The molecule has 0 saturated carbocycles. The fraction of sp³-hybridized carbons (Fsp3) is 0.667. The first-order valence-electron chi connectivity index (χ1n) is 10.9. The molecule has 3 aliphatic heterocycles. The number of piperidine rings is 1. The third-order valence-corrected chi connectivity index (χ3v) is 8.69. The monoisotopic (exact) mass is 473 g/mol. The number of benzene rings is 1. The number of carbonyl (C=O) groups excluding carboxylic acids is 1. The van der Waals surface area contributed by atoms with E-state index in [1.165, 1.54) is 10.4 Å². The minimum Gasteiger partial charge on any atom is -0.377 e. The highest BCUT2D eigenvalue weighted by Crippen LogP contribution is 2.27. The molecule has 1 atom stereocenters. The number of carbonyl (C=O) groups is 1. The molecule has 172 valence electrons. The predicted octanol–water partition coefficient (Wildman–Crippen LogP) is 2.20. The summed E-state index contributed by atoms with van der Waals surface area (Å²) in [6.45, 7) is 5.45. The fourth-order valence-corrected chi connectivity index (χ4v) is 6.36. The van der Waals surface area contributed by atoms with E-state index < -0.39 is 15.8 Å². The third kappa shape index (κ3) is 5.22.